The molecule has 2 N–H and O–H groups in total. The second kappa shape index (κ2) is 7.51. The van der Waals surface area contributed by atoms with Gasteiger partial charge in [-0.1, -0.05) is 18.2 Å². The van der Waals surface area contributed by atoms with E-state index in [-0.39, 0.29) is 17.4 Å². The Bertz CT molecular complexity index is 1350. The van der Waals surface area contributed by atoms with Crippen molar-refractivity contribution in [3.8, 4) is 22.6 Å². The summed E-state index contributed by atoms with van der Waals surface area (Å²) in [5, 5.41) is 12.1. The van der Waals surface area contributed by atoms with E-state index in [4.69, 9.17) is 0 Å². The maximum atomic E-state index is 13.8. The number of carbonyl (C=O) groups is 2. The fourth-order valence-electron chi connectivity index (χ4n) is 4.14. The monoisotopic (exact) mass is 469 g/mol. The largest absolute Gasteiger partial charge is 0.586 e. The van der Waals surface area contributed by atoms with E-state index in [2.05, 4.69) is 14.8 Å². The lowest BCUT2D eigenvalue weighted by Crippen LogP contribution is -2.28. The molecule has 2 aliphatic rings. The fraction of sp³-hybridized carbons (Fsp3) is 0.200. The molecule has 1 amide bonds. The van der Waals surface area contributed by atoms with Crippen molar-refractivity contribution in [2.75, 3.05) is 5.32 Å². The number of nitrogens with one attached hydrogen (secondary N) is 1. The van der Waals surface area contributed by atoms with Gasteiger partial charge in [0.2, 0.25) is 5.91 Å². The molecular weight excluding hydrogens is 451 g/mol. The Kier molecular flexibility index (Phi) is 4.82. The molecule has 0 atom stereocenters. The summed E-state index contributed by atoms with van der Waals surface area (Å²) in [5.74, 6) is -2.73. The molecule has 0 unspecified atom stereocenters. The van der Waals surface area contributed by atoms with Crippen LogP contribution in [0.5, 0.6) is 11.5 Å². The van der Waals surface area contributed by atoms with E-state index < -0.39 is 29.1 Å². The zero-order chi connectivity index (χ0) is 24.3. The number of amides is 1. The maximum Gasteiger partial charge on any atom is 0.586 e. The highest BCUT2D eigenvalue weighted by Gasteiger charge is 2.52. The molecular formula is C25H18F3NO5. The van der Waals surface area contributed by atoms with Crippen molar-refractivity contribution in [2.45, 2.75) is 31.5 Å². The Balaban J connectivity index is 1.41. The minimum Gasteiger partial charge on any atom is -0.478 e. The molecule has 6 nitrogen and oxygen atoms in total. The van der Waals surface area contributed by atoms with Gasteiger partial charge in [0.05, 0.1) is 11.0 Å². The summed E-state index contributed by atoms with van der Waals surface area (Å²) in [6, 6.07) is 13.3. The van der Waals surface area contributed by atoms with Gasteiger partial charge in [-0.05, 0) is 78.4 Å². The van der Waals surface area contributed by atoms with Gasteiger partial charge in [0.25, 0.3) is 0 Å². The van der Waals surface area contributed by atoms with Gasteiger partial charge in [-0.2, -0.15) is 0 Å². The number of aryl methyl sites for hydroxylation is 1. The number of rotatable bonds is 5. The van der Waals surface area contributed by atoms with Crippen LogP contribution >= 0.6 is 0 Å². The van der Waals surface area contributed by atoms with Crippen molar-refractivity contribution in [2.24, 2.45) is 0 Å². The average molecular weight is 469 g/mol. The summed E-state index contributed by atoms with van der Waals surface area (Å²) < 4.78 is 49.5. The Morgan fingerprint density at radius 3 is 2.41 bits per heavy atom. The first-order valence-electron chi connectivity index (χ1n) is 10.4. The SMILES string of the molecule is Cc1ccc(NC(=O)C2(c3ccc4c(c3)OC(F)(F)O4)CC2)cc1-c1ccc(F)c(C(=O)O)c1. The van der Waals surface area contributed by atoms with Crippen LogP contribution in [-0.2, 0) is 10.2 Å². The summed E-state index contributed by atoms with van der Waals surface area (Å²) in [5.41, 5.74) is 1.61. The molecule has 1 aliphatic heterocycles. The van der Waals surface area contributed by atoms with E-state index in [1.165, 1.54) is 24.3 Å². The normalized spacial score (nSPS) is 16.7. The zero-order valence-corrected chi connectivity index (χ0v) is 17.8. The number of alkyl halides is 2. The van der Waals surface area contributed by atoms with Gasteiger partial charge in [-0.3, -0.25) is 4.79 Å². The summed E-state index contributed by atoms with van der Waals surface area (Å²) in [6.45, 7) is 1.81. The van der Waals surface area contributed by atoms with Crippen molar-refractivity contribution in [3.05, 3.63) is 77.1 Å². The van der Waals surface area contributed by atoms with Crippen molar-refractivity contribution < 1.29 is 37.3 Å². The fourth-order valence-corrected chi connectivity index (χ4v) is 4.14. The van der Waals surface area contributed by atoms with Crippen molar-refractivity contribution >= 4 is 17.6 Å². The smallest absolute Gasteiger partial charge is 0.478 e. The first-order valence-corrected chi connectivity index (χ1v) is 10.4. The highest BCUT2D eigenvalue weighted by atomic mass is 19.3. The second-order valence-electron chi connectivity index (χ2n) is 8.39. The zero-order valence-electron chi connectivity index (χ0n) is 17.8. The number of ether oxygens (including phenoxy) is 2. The third-order valence-corrected chi connectivity index (χ3v) is 6.14. The highest BCUT2D eigenvalue weighted by molar-refractivity contribution is 6.02. The van der Waals surface area contributed by atoms with Gasteiger partial charge in [-0.15, -0.1) is 8.78 Å². The van der Waals surface area contributed by atoms with E-state index in [1.807, 2.05) is 6.92 Å². The van der Waals surface area contributed by atoms with Crippen LogP contribution in [0.1, 0.15) is 34.3 Å². The first kappa shape index (κ1) is 21.8. The van der Waals surface area contributed by atoms with Crippen LogP contribution in [-0.4, -0.2) is 23.3 Å². The molecule has 9 heteroatoms. The number of carboxylic acid groups (broad SMARTS) is 1. The minimum atomic E-state index is -3.74. The van der Waals surface area contributed by atoms with Crippen LogP contribution in [0.2, 0.25) is 0 Å². The standard InChI is InChI=1S/C25H18F3NO5/c1-13-2-5-16(12-17(13)14-3-6-19(26)18(10-14)22(30)31)29-23(32)24(8-9-24)15-4-7-20-21(11-15)34-25(27,28)33-20/h2-7,10-12H,8-9H2,1H3,(H,29,32)(H,30,31). The number of benzene rings is 3. The summed E-state index contributed by atoms with van der Waals surface area (Å²) >= 11 is 0. The molecule has 34 heavy (non-hydrogen) atoms. The van der Waals surface area contributed by atoms with Crippen LogP contribution in [0.25, 0.3) is 11.1 Å². The molecule has 0 spiro atoms. The Morgan fingerprint density at radius 1 is 0.971 bits per heavy atom. The van der Waals surface area contributed by atoms with E-state index in [9.17, 15) is 27.9 Å². The van der Waals surface area contributed by atoms with E-state index in [0.717, 1.165) is 11.6 Å². The molecule has 0 aromatic heterocycles. The number of halogens is 3. The molecule has 3 aromatic carbocycles. The molecule has 1 aliphatic carbocycles. The van der Waals surface area contributed by atoms with Crippen molar-refractivity contribution in [3.63, 3.8) is 0 Å². The van der Waals surface area contributed by atoms with Gasteiger partial charge in [-0.25, -0.2) is 9.18 Å². The van der Waals surface area contributed by atoms with E-state index in [1.54, 1.807) is 24.3 Å². The molecule has 5 rings (SSSR count). The summed E-state index contributed by atoms with van der Waals surface area (Å²) in [6.07, 6.45) is -2.67. The predicted octanol–water partition coefficient (Wildman–Crippen LogP) is 5.49. The van der Waals surface area contributed by atoms with Crippen molar-refractivity contribution in [1.82, 2.24) is 0 Å². The lowest BCUT2D eigenvalue weighted by molar-refractivity contribution is -0.286. The number of hydrogen-bond acceptors (Lipinski definition) is 4. The number of fused-ring (bicyclic) bond motifs is 1. The molecule has 174 valence electrons. The van der Waals surface area contributed by atoms with Gasteiger partial charge < -0.3 is 19.9 Å². The number of hydrogen-bond donors (Lipinski definition) is 2. The Labute approximate surface area is 191 Å². The summed E-state index contributed by atoms with van der Waals surface area (Å²) in [7, 11) is 0. The van der Waals surface area contributed by atoms with Crippen LogP contribution in [0, 0.1) is 12.7 Å². The molecule has 1 saturated carbocycles. The minimum absolute atomic E-state index is 0.0897. The average Bonchev–Trinajstić information content (AvgIpc) is 3.52. The predicted molar refractivity (Wildman–Crippen MR) is 116 cm³/mol. The van der Waals surface area contributed by atoms with Crippen LogP contribution in [0.3, 0.4) is 0 Å². The summed E-state index contributed by atoms with van der Waals surface area (Å²) in [4.78, 5) is 24.5. The van der Waals surface area contributed by atoms with Gasteiger partial charge in [0.1, 0.15) is 5.82 Å². The number of anilines is 1. The number of carboxylic acids is 1. The van der Waals surface area contributed by atoms with Crippen molar-refractivity contribution in [1.29, 1.82) is 0 Å². The number of carbonyl (C=O) groups excluding carboxylic acids is 1. The Morgan fingerprint density at radius 2 is 1.71 bits per heavy atom. The molecule has 0 saturated heterocycles. The number of aromatic carboxylic acids is 1. The molecule has 3 aromatic rings. The third kappa shape index (κ3) is 3.72. The Hall–Kier alpha value is -4.01. The van der Waals surface area contributed by atoms with Crippen LogP contribution in [0.15, 0.2) is 54.6 Å². The highest BCUT2D eigenvalue weighted by Crippen LogP contribution is 2.52. The van der Waals surface area contributed by atoms with E-state index in [0.29, 0.717) is 35.2 Å². The first-order chi connectivity index (χ1) is 16.1. The van der Waals surface area contributed by atoms with Crippen LogP contribution in [0.4, 0.5) is 18.9 Å². The van der Waals surface area contributed by atoms with E-state index >= 15 is 0 Å². The van der Waals surface area contributed by atoms with Gasteiger partial charge in [0.15, 0.2) is 11.5 Å². The second-order valence-corrected chi connectivity index (χ2v) is 8.39. The lowest BCUT2D eigenvalue weighted by Gasteiger charge is -2.17. The molecule has 1 heterocycles. The topological polar surface area (TPSA) is 84.9 Å². The maximum absolute atomic E-state index is 13.8. The molecule has 0 bridgehead atoms. The van der Waals surface area contributed by atoms with Gasteiger partial charge in [0, 0.05) is 5.69 Å². The third-order valence-electron chi connectivity index (χ3n) is 6.14. The quantitative estimate of drug-likeness (QED) is 0.516. The van der Waals surface area contributed by atoms with Crippen LogP contribution < -0.4 is 14.8 Å². The van der Waals surface area contributed by atoms with Gasteiger partial charge >= 0.3 is 12.3 Å². The molecule has 0 radical (unpaired) electrons. The molecule has 1 fully saturated rings. The lowest BCUT2D eigenvalue weighted by atomic mass is 9.94.